The van der Waals surface area contributed by atoms with Crippen LogP contribution in [0.15, 0.2) is 53.1 Å². The lowest BCUT2D eigenvalue weighted by Crippen LogP contribution is -2.05. The number of carbonyl (C=O) groups is 1. The van der Waals surface area contributed by atoms with Gasteiger partial charge in [0.05, 0.1) is 5.56 Å². The maximum atomic E-state index is 12.0. The molecular weight excluding hydrogens is 292 g/mol. The molecule has 3 rings (SSSR count). The topological polar surface area (TPSA) is 65.2 Å². The van der Waals surface area contributed by atoms with Crippen LogP contribution in [-0.2, 0) is 11.3 Å². The number of esters is 1. The zero-order valence-corrected chi connectivity index (χ0v) is 12.9. The minimum Gasteiger partial charge on any atom is -0.452 e. The Bertz CT molecular complexity index is 822. The fourth-order valence-electron chi connectivity index (χ4n) is 2.12. The summed E-state index contributed by atoms with van der Waals surface area (Å²) in [6, 6.07) is 15.0. The van der Waals surface area contributed by atoms with Gasteiger partial charge in [0.15, 0.2) is 6.61 Å². The molecule has 0 spiro atoms. The molecule has 5 nitrogen and oxygen atoms in total. The summed E-state index contributed by atoms with van der Waals surface area (Å²) in [7, 11) is 0. The van der Waals surface area contributed by atoms with Gasteiger partial charge in [-0.05, 0) is 26.0 Å². The summed E-state index contributed by atoms with van der Waals surface area (Å²) in [5.41, 5.74) is 3.52. The van der Waals surface area contributed by atoms with Crippen molar-refractivity contribution in [3.63, 3.8) is 0 Å². The van der Waals surface area contributed by atoms with Gasteiger partial charge in [0.25, 0.3) is 5.89 Å². The highest BCUT2D eigenvalue weighted by Crippen LogP contribution is 2.17. The van der Waals surface area contributed by atoms with E-state index in [1.165, 1.54) is 0 Å². The van der Waals surface area contributed by atoms with Crippen LogP contribution in [0.4, 0.5) is 0 Å². The second-order valence-corrected chi connectivity index (χ2v) is 5.32. The van der Waals surface area contributed by atoms with E-state index in [0.717, 1.165) is 16.7 Å². The van der Waals surface area contributed by atoms with Crippen LogP contribution < -0.4 is 0 Å². The predicted octanol–water partition coefficient (Wildman–Crippen LogP) is 3.71. The molecule has 0 atom stereocenters. The molecule has 0 radical (unpaired) electrons. The van der Waals surface area contributed by atoms with Gasteiger partial charge in [-0.15, -0.1) is 0 Å². The summed E-state index contributed by atoms with van der Waals surface area (Å²) in [5, 5.41) is 3.90. The normalized spacial score (nSPS) is 10.5. The Morgan fingerprint density at radius 1 is 1.09 bits per heavy atom. The lowest BCUT2D eigenvalue weighted by atomic mass is 10.1. The van der Waals surface area contributed by atoms with Crippen molar-refractivity contribution >= 4 is 5.97 Å². The summed E-state index contributed by atoms with van der Waals surface area (Å²) >= 11 is 0. The molecule has 0 amide bonds. The Kier molecular flexibility index (Phi) is 4.19. The van der Waals surface area contributed by atoms with Gasteiger partial charge in [0.2, 0.25) is 5.82 Å². The number of hydrogen-bond donors (Lipinski definition) is 0. The molecule has 0 saturated carbocycles. The SMILES string of the molecule is Cc1ccc(-c2noc(COC(=O)c3cccc(C)c3)n2)cc1. The molecule has 5 heteroatoms. The van der Waals surface area contributed by atoms with Gasteiger partial charge >= 0.3 is 5.97 Å². The van der Waals surface area contributed by atoms with Crippen LogP contribution in [0.3, 0.4) is 0 Å². The molecule has 0 aliphatic carbocycles. The van der Waals surface area contributed by atoms with Crippen molar-refractivity contribution in [2.75, 3.05) is 0 Å². The molecule has 0 aliphatic heterocycles. The van der Waals surface area contributed by atoms with Crippen LogP contribution in [0.2, 0.25) is 0 Å². The molecule has 1 heterocycles. The number of ether oxygens (including phenoxy) is 1. The average molecular weight is 308 g/mol. The number of nitrogens with zero attached hydrogens (tertiary/aromatic N) is 2. The third kappa shape index (κ3) is 3.63. The summed E-state index contributed by atoms with van der Waals surface area (Å²) < 4.78 is 10.3. The third-order valence-electron chi connectivity index (χ3n) is 3.36. The maximum absolute atomic E-state index is 12.0. The van der Waals surface area contributed by atoms with Crippen molar-refractivity contribution in [1.82, 2.24) is 10.1 Å². The van der Waals surface area contributed by atoms with E-state index in [-0.39, 0.29) is 12.5 Å². The number of aryl methyl sites for hydroxylation is 2. The summed E-state index contributed by atoms with van der Waals surface area (Å²) in [6.45, 7) is 3.88. The highest BCUT2D eigenvalue weighted by atomic mass is 16.6. The van der Waals surface area contributed by atoms with Crippen LogP contribution in [0.1, 0.15) is 27.4 Å². The molecule has 116 valence electrons. The molecule has 0 unspecified atom stereocenters. The first kappa shape index (κ1) is 15.0. The standard InChI is InChI=1S/C18H16N2O3/c1-12-6-8-14(9-7-12)17-19-16(23-20-17)11-22-18(21)15-5-3-4-13(2)10-15/h3-10H,11H2,1-2H3. The molecule has 2 aromatic carbocycles. The van der Waals surface area contributed by atoms with Crippen molar-refractivity contribution in [2.24, 2.45) is 0 Å². The fourth-order valence-corrected chi connectivity index (χ4v) is 2.12. The van der Waals surface area contributed by atoms with Gasteiger partial charge in [-0.3, -0.25) is 0 Å². The van der Waals surface area contributed by atoms with Crippen molar-refractivity contribution in [3.05, 3.63) is 71.1 Å². The Balaban J connectivity index is 1.65. The molecule has 0 aliphatic rings. The second-order valence-electron chi connectivity index (χ2n) is 5.32. The van der Waals surface area contributed by atoms with Gasteiger partial charge in [0, 0.05) is 5.56 Å². The van der Waals surface area contributed by atoms with E-state index in [1.807, 2.05) is 50.2 Å². The number of aromatic nitrogens is 2. The maximum Gasteiger partial charge on any atom is 0.338 e. The number of rotatable bonds is 4. The number of carbonyl (C=O) groups excluding carboxylic acids is 1. The molecule has 0 N–H and O–H groups in total. The zero-order valence-electron chi connectivity index (χ0n) is 12.9. The van der Waals surface area contributed by atoms with Crippen LogP contribution in [-0.4, -0.2) is 16.1 Å². The van der Waals surface area contributed by atoms with Crippen LogP contribution >= 0.6 is 0 Å². The first-order valence-corrected chi connectivity index (χ1v) is 7.25. The van der Waals surface area contributed by atoms with Crippen molar-refractivity contribution in [3.8, 4) is 11.4 Å². The highest BCUT2D eigenvalue weighted by molar-refractivity contribution is 5.89. The van der Waals surface area contributed by atoms with E-state index in [9.17, 15) is 4.79 Å². The molecule has 1 aromatic heterocycles. The summed E-state index contributed by atoms with van der Waals surface area (Å²) in [6.07, 6.45) is 0. The van der Waals surface area contributed by atoms with Gasteiger partial charge in [0.1, 0.15) is 0 Å². The van der Waals surface area contributed by atoms with Crippen LogP contribution in [0, 0.1) is 13.8 Å². The van der Waals surface area contributed by atoms with E-state index in [2.05, 4.69) is 10.1 Å². The molecule has 3 aromatic rings. The van der Waals surface area contributed by atoms with E-state index in [4.69, 9.17) is 9.26 Å². The quantitative estimate of drug-likeness (QED) is 0.687. The van der Waals surface area contributed by atoms with Crippen molar-refractivity contribution in [1.29, 1.82) is 0 Å². The zero-order chi connectivity index (χ0) is 16.2. The third-order valence-corrected chi connectivity index (χ3v) is 3.36. The lowest BCUT2D eigenvalue weighted by molar-refractivity contribution is 0.0429. The molecule has 0 fully saturated rings. The largest absolute Gasteiger partial charge is 0.452 e. The first-order valence-electron chi connectivity index (χ1n) is 7.25. The Morgan fingerprint density at radius 3 is 2.61 bits per heavy atom. The fraction of sp³-hybridized carbons (Fsp3) is 0.167. The summed E-state index contributed by atoms with van der Waals surface area (Å²) in [5.74, 6) is 0.331. The molecule has 0 bridgehead atoms. The molecule has 23 heavy (non-hydrogen) atoms. The van der Waals surface area contributed by atoms with E-state index in [0.29, 0.717) is 11.4 Å². The van der Waals surface area contributed by atoms with E-state index < -0.39 is 5.97 Å². The Morgan fingerprint density at radius 2 is 1.87 bits per heavy atom. The Labute approximate surface area is 133 Å². The first-order chi connectivity index (χ1) is 11.1. The Hall–Kier alpha value is -2.95. The monoisotopic (exact) mass is 308 g/mol. The predicted molar refractivity (Wildman–Crippen MR) is 84.8 cm³/mol. The number of benzene rings is 2. The van der Waals surface area contributed by atoms with E-state index in [1.54, 1.807) is 12.1 Å². The van der Waals surface area contributed by atoms with Crippen molar-refractivity contribution < 1.29 is 14.1 Å². The van der Waals surface area contributed by atoms with Crippen LogP contribution in [0.25, 0.3) is 11.4 Å². The van der Waals surface area contributed by atoms with Gasteiger partial charge < -0.3 is 9.26 Å². The second kappa shape index (κ2) is 6.44. The van der Waals surface area contributed by atoms with Gasteiger partial charge in [-0.1, -0.05) is 52.7 Å². The smallest absolute Gasteiger partial charge is 0.338 e. The minimum atomic E-state index is -0.413. The summed E-state index contributed by atoms with van der Waals surface area (Å²) in [4.78, 5) is 16.2. The van der Waals surface area contributed by atoms with Gasteiger partial charge in [-0.25, -0.2) is 4.79 Å². The molecule has 0 saturated heterocycles. The van der Waals surface area contributed by atoms with E-state index >= 15 is 0 Å². The van der Waals surface area contributed by atoms with Crippen LogP contribution in [0.5, 0.6) is 0 Å². The minimum absolute atomic E-state index is 0.0500. The number of hydrogen-bond acceptors (Lipinski definition) is 5. The van der Waals surface area contributed by atoms with Crippen molar-refractivity contribution in [2.45, 2.75) is 20.5 Å². The lowest BCUT2D eigenvalue weighted by Gasteiger charge is -2.02. The highest BCUT2D eigenvalue weighted by Gasteiger charge is 2.12. The average Bonchev–Trinajstić information content (AvgIpc) is 3.02. The molecular formula is C18H16N2O3. The van der Waals surface area contributed by atoms with Gasteiger partial charge in [-0.2, -0.15) is 4.98 Å².